The Balaban J connectivity index is 4.00. The largest absolute Gasteiger partial charge is 0.390 e. The van der Waals surface area contributed by atoms with E-state index >= 15 is 0 Å². The summed E-state index contributed by atoms with van der Waals surface area (Å²) in [6, 6.07) is 0. The van der Waals surface area contributed by atoms with Gasteiger partial charge in [-0.2, -0.15) is 0 Å². The van der Waals surface area contributed by atoms with Gasteiger partial charge in [0.25, 0.3) is 0 Å². The van der Waals surface area contributed by atoms with Gasteiger partial charge in [0.2, 0.25) is 0 Å². The molecule has 0 rings (SSSR count). The Hall–Kier alpha value is -0.120. The minimum Gasteiger partial charge on any atom is -0.390 e. The molecule has 17 heavy (non-hydrogen) atoms. The Morgan fingerprint density at radius 2 is 1.47 bits per heavy atom. The van der Waals surface area contributed by atoms with Crippen molar-refractivity contribution in [2.45, 2.75) is 46.6 Å². The summed E-state index contributed by atoms with van der Waals surface area (Å²) in [7, 11) is 1.88. The second-order valence-corrected chi connectivity index (χ2v) is 5.88. The summed E-state index contributed by atoms with van der Waals surface area (Å²) in [6.45, 7) is 12.7. The van der Waals surface area contributed by atoms with Gasteiger partial charge in [-0.15, -0.1) is 0 Å². The third-order valence-electron chi connectivity index (χ3n) is 2.95. The lowest BCUT2D eigenvalue weighted by molar-refractivity contribution is 0.107. The van der Waals surface area contributed by atoms with Gasteiger partial charge in [0.1, 0.15) is 0 Å². The second-order valence-electron chi connectivity index (χ2n) is 5.88. The van der Waals surface area contributed by atoms with Gasteiger partial charge in [-0.05, 0) is 44.8 Å². The Bertz CT molecular complexity index is 160. The van der Waals surface area contributed by atoms with Crippen molar-refractivity contribution in [1.82, 2.24) is 10.2 Å². The van der Waals surface area contributed by atoms with E-state index in [2.05, 4.69) is 37.9 Å². The first-order chi connectivity index (χ1) is 7.95. The number of nitrogens with one attached hydrogen (secondary N) is 1. The van der Waals surface area contributed by atoms with Crippen LogP contribution in [0.5, 0.6) is 0 Å². The highest BCUT2D eigenvalue weighted by Gasteiger charge is 2.12. The van der Waals surface area contributed by atoms with Gasteiger partial charge in [-0.1, -0.05) is 27.7 Å². The van der Waals surface area contributed by atoms with E-state index < -0.39 is 0 Å². The third kappa shape index (κ3) is 10.7. The molecule has 0 fully saturated rings. The fourth-order valence-electron chi connectivity index (χ4n) is 1.77. The van der Waals surface area contributed by atoms with Gasteiger partial charge in [-0.3, -0.25) is 0 Å². The molecule has 0 radical (unpaired) electrons. The van der Waals surface area contributed by atoms with E-state index in [1.165, 1.54) is 12.8 Å². The first kappa shape index (κ1) is 16.9. The molecule has 0 bridgehead atoms. The van der Waals surface area contributed by atoms with Gasteiger partial charge < -0.3 is 15.3 Å². The number of aliphatic hydroxyl groups is 1. The number of hydrogen-bond acceptors (Lipinski definition) is 3. The van der Waals surface area contributed by atoms with E-state index in [4.69, 9.17) is 0 Å². The van der Waals surface area contributed by atoms with Crippen LogP contribution >= 0.6 is 0 Å². The fraction of sp³-hybridized carbons (Fsp3) is 1.00. The highest BCUT2D eigenvalue weighted by Crippen LogP contribution is 2.07. The Kier molecular flexibility index (Phi) is 9.79. The lowest BCUT2D eigenvalue weighted by Gasteiger charge is -2.26. The van der Waals surface area contributed by atoms with Gasteiger partial charge in [-0.25, -0.2) is 0 Å². The van der Waals surface area contributed by atoms with E-state index in [9.17, 15) is 5.11 Å². The van der Waals surface area contributed by atoms with Crippen LogP contribution in [0, 0.1) is 11.8 Å². The summed E-state index contributed by atoms with van der Waals surface area (Å²) in [5.74, 6) is 1.47. The van der Waals surface area contributed by atoms with E-state index in [0.29, 0.717) is 6.54 Å². The number of rotatable bonds is 10. The quantitative estimate of drug-likeness (QED) is 0.617. The molecule has 1 unspecified atom stereocenters. The van der Waals surface area contributed by atoms with Crippen LogP contribution in [-0.2, 0) is 0 Å². The average molecular weight is 244 g/mol. The Morgan fingerprint density at radius 1 is 1.00 bits per heavy atom. The normalized spacial score (nSPS) is 13.9. The SMILES string of the molecule is CNCC(O)CN(CCC(C)C)CCC(C)C. The van der Waals surface area contributed by atoms with Crippen LogP contribution in [0.4, 0.5) is 0 Å². The summed E-state index contributed by atoms with van der Waals surface area (Å²) in [6.07, 6.45) is 2.17. The topological polar surface area (TPSA) is 35.5 Å². The fourth-order valence-corrected chi connectivity index (χ4v) is 1.77. The molecule has 104 valence electrons. The van der Waals surface area contributed by atoms with Crippen molar-refractivity contribution in [2.75, 3.05) is 33.2 Å². The first-order valence-electron chi connectivity index (χ1n) is 7.00. The van der Waals surface area contributed by atoms with Gasteiger partial charge >= 0.3 is 0 Å². The minimum atomic E-state index is -0.251. The standard InChI is InChI=1S/C14H32N2O/c1-12(2)6-8-16(9-7-13(3)4)11-14(17)10-15-5/h12-15,17H,6-11H2,1-5H3. The highest BCUT2D eigenvalue weighted by molar-refractivity contribution is 4.67. The molecule has 0 saturated heterocycles. The molecule has 0 spiro atoms. The van der Waals surface area contributed by atoms with Crippen LogP contribution in [-0.4, -0.2) is 49.3 Å². The maximum Gasteiger partial charge on any atom is 0.0791 e. The summed E-state index contributed by atoms with van der Waals surface area (Å²) < 4.78 is 0. The summed E-state index contributed by atoms with van der Waals surface area (Å²) >= 11 is 0. The van der Waals surface area contributed by atoms with Gasteiger partial charge in [0.15, 0.2) is 0 Å². The molecule has 0 aromatic heterocycles. The molecule has 0 saturated carbocycles. The van der Waals surface area contributed by atoms with Gasteiger partial charge in [0.05, 0.1) is 6.10 Å². The van der Waals surface area contributed by atoms with Crippen LogP contribution in [0.3, 0.4) is 0 Å². The molecule has 0 amide bonds. The van der Waals surface area contributed by atoms with E-state index in [0.717, 1.165) is 31.5 Å². The number of nitrogens with zero attached hydrogens (tertiary/aromatic N) is 1. The minimum absolute atomic E-state index is 0.251. The predicted octanol–water partition coefficient (Wildman–Crippen LogP) is 1.96. The number of likely N-dealkylation sites (N-methyl/N-ethyl adjacent to an activating group) is 1. The van der Waals surface area contributed by atoms with E-state index in [1.807, 2.05) is 7.05 Å². The Labute approximate surface area is 108 Å². The van der Waals surface area contributed by atoms with Crippen molar-refractivity contribution < 1.29 is 5.11 Å². The van der Waals surface area contributed by atoms with Crippen LogP contribution in [0.2, 0.25) is 0 Å². The van der Waals surface area contributed by atoms with E-state index in [1.54, 1.807) is 0 Å². The molecule has 0 heterocycles. The smallest absolute Gasteiger partial charge is 0.0791 e. The monoisotopic (exact) mass is 244 g/mol. The zero-order valence-corrected chi connectivity index (χ0v) is 12.4. The van der Waals surface area contributed by atoms with Crippen molar-refractivity contribution in [3.05, 3.63) is 0 Å². The first-order valence-corrected chi connectivity index (χ1v) is 7.00. The molecule has 3 nitrogen and oxygen atoms in total. The Morgan fingerprint density at radius 3 is 1.82 bits per heavy atom. The van der Waals surface area contributed by atoms with Gasteiger partial charge in [0, 0.05) is 13.1 Å². The summed E-state index contributed by atoms with van der Waals surface area (Å²) in [5, 5.41) is 12.9. The van der Waals surface area contributed by atoms with Crippen LogP contribution in [0.1, 0.15) is 40.5 Å². The lowest BCUT2D eigenvalue weighted by Crippen LogP contribution is -2.39. The molecule has 0 aromatic rings. The molecule has 0 aliphatic heterocycles. The summed E-state index contributed by atoms with van der Waals surface area (Å²) in [5.41, 5.74) is 0. The highest BCUT2D eigenvalue weighted by atomic mass is 16.3. The summed E-state index contributed by atoms with van der Waals surface area (Å²) in [4.78, 5) is 2.40. The molecular formula is C14H32N2O. The van der Waals surface area contributed by atoms with Crippen molar-refractivity contribution >= 4 is 0 Å². The van der Waals surface area contributed by atoms with E-state index in [-0.39, 0.29) is 6.10 Å². The van der Waals surface area contributed by atoms with Crippen molar-refractivity contribution in [1.29, 1.82) is 0 Å². The van der Waals surface area contributed by atoms with Crippen LogP contribution in [0.25, 0.3) is 0 Å². The number of aliphatic hydroxyl groups excluding tert-OH is 1. The predicted molar refractivity (Wildman–Crippen MR) is 75.3 cm³/mol. The van der Waals surface area contributed by atoms with Crippen LogP contribution < -0.4 is 5.32 Å². The maximum absolute atomic E-state index is 9.85. The molecule has 0 aromatic carbocycles. The second kappa shape index (κ2) is 9.86. The number of hydrogen-bond donors (Lipinski definition) is 2. The van der Waals surface area contributed by atoms with Crippen molar-refractivity contribution in [3.8, 4) is 0 Å². The van der Waals surface area contributed by atoms with Crippen LogP contribution in [0.15, 0.2) is 0 Å². The average Bonchev–Trinajstić information content (AvgIpc) is 2.22. The molecule has 0 aliphatic carbocycles. The molecule has 0 aliphatic rings. The maximum atomic E-state index is 9.85. The lowest BCUT2D eigenvalue weighted by atomic mass is 10.1. The zero-order valence-electron chi connectivity index (χ0n) is 12.4. The molecule has 3 heteroatoms. The molecular weight excluding hydrogens is 212 g/mol. The van der Waals surface area contributed by atoms with Crippen molar-refractivity contribution in [3.63, 3.8) is 0 Å². The third-order valence-corrected chi connectivity index (χ3v) is 2.95. The van der Waals surface area contributed by atoms with Crippen molar-refractivity contribution in [2.24, 2.45) is 11.8 Å². The molecule has 1 atom stereocenters. The zero-order chi connectivity index (χ0) is 13.3. The molecule has 2 N–H and O–H groups in total.